The number of hydrogen-bond acceptors (Lipinski definition) is 4. The van der Waals surface area contributed by atoms with Crippen molar-refractivity contribution in [1.82, 2.24) is 0 Å². The molecule has 2 rings (SSSR count). The Labute approximate surface area is 161 Å². The molecule has 0 amide bonds. The predicted molar refractivity (Wildman–Crippen MR) is 106 cm³/mol. The summed E-state index contributed by atoms with van der Waals surface area (Å²) in [5.74, 6) is -0.680. The third kappa shape index (κ3) is 5.43. The van der Waals surface area contributed by atoms with Crippen LogP contribution in [0.1, 0.15) is 66.1 Å². The molecule has 144 valence electrons. The van der Waals surface area contributed by atoms with Gasteiger partial charge >= 0.3 is 11.9 Å². The summed E-state index contributed by atoms with van der Waals surface area (Å²) in [5, 5.41) is 0. The molecule has 2 aromatic carbocycles. The molecule has 0 aliphatic rings. The Morgan fingerprint density at radius 1 is 1.04 bits per heavy atom. The summed E-state index contributed by atoms with van der Waals surface area (Å²) in [6, 6.07) is 12.7. The number of carbonyl (C=O) groups is 2. The van der Waals surface area contributed by atoms with Gasteiger partial charge in [0.2, 0.25) is 0 Å². The SMILES string of the molecule is CCCCC(C(=O)OCC)c1cc(C)cc(C)c1OC(=O)c1ccccc1. The Bertz CT molecular complexity index is 780. The van der Waals surface area contributed by atoms with E-state index in [-0.39, 0.29) is 5.97 Å². The van der Waals surface area contributed by atoms with Crippen LogP contribution in [0.4, 0.5) is 0 Å². The number of unbranched alkanes of at least 4 members (excludes halogenated alkanes) is 1. The van der Waals surface area contributed by atoms with Crippen LogP contribution in [0.25, 0.3) is 0 Å². The van der Waals surface area contributed by atoms with Crippen LogP contribution in [-0.4, -0.2) is 18.5 Å². The first kappa shape index (κ1) is 20.7. The topological polar surface area (TPSA) is 52.6 Å². The van der Waals surface area contributed by atoms with E-state index in [4.69, 9.17) is 9.47 Å². The van der Waals surface area contributed by atoms with Gasteiger partial charge in [0, 0.05) is 5.56 Å². The van der Waals surface area contributed by atoms with Crippen molar-refractivity contribution in [2.75, 3.05) is 6.61 Å². The van der Waals surface area contributed by atoms with E-state index < -0.39 is 11.9 Å². The van der Waals surface area contributed by atoms with Gasteiger partial charge in [-0.25, -0.2) is 4.79 Å². The van der Waals surface area contributed by atoms with Gasteiger partial charge in [0.05, 0.1) is 18.1 Å². The third-order valence-electron chi connectivity index (χ3n) is 4.44. The molecule has 4 heteroatoms. The smallest absolute Gasteiger partial charge is 0.343 e. The van der Waals surface area contributed by atoms with Crippen molar-refractivity contribution in [1.29, 1.82) is 0 Å². The van der Waals surface area contributed by atoms with Crippen LogP contribution in [-0.2, 0) is 9.53 Å². The monoisotopic (exact) mass is 368 g/mol. The quantitative estimate of drug-likeness (QED) is 0.465. The summed E-state index contributed by atoms with van der Waals surface area (Å²) in [4.78, 5) is 25.2. The summed E-state index contributed by atoms with van der Waals surface area (Å²) >= 11 is 0. The average molecular weight is 368 g/mol. The van der Waals surface area contributed by atoms with E-state index >= 15 is 0 Å². The van der Waals surface area contributed by atoms with Gasteiger partial charge < -0.3 is 9.47 Å². The van der Waals surface area contributed by atoms with Crippen molar-refractivity contribution < 1.29 is 19.1 Å². The van der Waals surface area contributed by atoms with Gasteiger partial charge in [0.25, 0.3) is 0 Å². The molecule has 0 N–H and O–H groups in total. The molecule has 0 heterocycles. The van der Waals surface area contributed by atoms with Crippen molar-refractivity contribution in [2.24, 2.45) is 0 Å². The molecule has 0 saturated heterocycles. The molecule has 0 saturated carbocycles. The van der Waals surface area contributed by atoms with Crippen molar-refractivity contribution >= 4 is 11.9 Å². The summed E-state index contributed by atoms with van der Waals surface area (Å²) in [6.45, 7) is 8.07. The van der Waals surface area contributed by atoms with E-state index in [0.717, 1.165) is 29.5 Å². The van der Waals surface area contributed by atoms with Gasteiger partial charge in [-0.1, -0.05) is 55.7 Å². The van der Waals surface area contributed by atoms with E-state index in [2.05, 4.69) is 6.92 Å². The second-order valence-electron chi connectivity index (χ2n) is 6.70. The summed E-state index contributed by atoms with van der Waals surface area (Å²) in [5.41, 5.74) is 3.06. The highest BCUT2D eigenvalue weighted by molar-refractivity contribution is 5.91. The summed E-state index contributed by atoms with van der Waals surface area (Å²) in [7, 11) is 0. The summed E-state index contributed by atoms with van der Waals surface area (Å²) in [6.07, 6.45) is 2.52. The second kappa shape index (κ2) is 9.91. The minimum atomic E-state index is -0.443. The molecule has 0 bridgehead atoms. The highest BCUT2D eigenvalue weighted by atomic mass is 16.5. The van der Waals surface area contributed by atoms with E-state index in [1.54, 1.807) is 31.2 Å². The van der Waals surface area contributed by atoms with Gasteiger partial charge in [-0.2, -0.15) is 0 Å². The predicted octanol–water partition coefficient (Wildman–Crippen LogP) is 5.36. The van der Waals surface area contributed by atoms with Crippen molar-refractivity contribution in [3.8, 4) is 5.75 Å². The van der Waals surface area contributed by atoms with Gasteiger partial charge in [0.1, 0.15) is 5.75 Å². The van der Waals surface area contributed by atoms with E-state index in [9.17, 15) is 9.59 Å². The number of esters is 2. The molecule has 0 radical (unpaired) electrons. The first-order valence-corrected chi connectivity index (χ1v) is 9.52. The zero-order chi connectivity index (χ0) is 19.8. The van der Waals surface area contributed by atoms with Crippen molar-refractivity contribution in [3.63, 3.8) is 0 Å². The van der Waals surface area contributed by atoms with Gasteiger partial charge in [-0.15, -0.1) is 0 Å². The van der Waals surface area contributed by atoms with Crippen LogP contribution in [0.15, 0.2) is 42.5 Å². The number of aryl methyl sites for hydroxylation is 2. The molecule has 1 unspecified atom stereocenters. The van der Waals surface area contributed by atoms with E-state index in [0.29, 0.717) is 24.3 Å². The lowest BCUT2D eigenvalue weighted by atomic mass is 9.90. The fourth-order valence-corrected chi connectivity index (χ4v) is 3.16. The molecular formula is C23H28O4. The maximum absolute atomic E-state index is 12.6. The second-order valence-corrected chi connectivity index (χ2v) is 6.70. The number of carbonyl (C=O) groups excluding carboxylic acids is 2. The van der Waals surface area contributed by atoms with Crippen LogP contribution in [0.3, 0.4) is 0 Å². The van der Waals surface area contributed by atoms with Crippen LogP contribution in [0.5, 0.6) is 5.75 Å². The molecule has 1 atom stereocenters. The Hall–Kier alpha value is -2.62. The zero-order valence-corrected chi connectivity index (χ0v) is 16.6. The normalized spacial score (nSPS) is 11.7. The van der Waals surface area contributed by atoms with Crippen LogP contribution in [0.2, 0.25) is 0 Å². The Balaban J connectivity index is 2.44. The number of hydrogen-bond donors (Lipinski definition) is 0. The maximum atomic E-state index is 12.6. The highest BCUT2D eigenvalue weighted by Gasteiger charge is 2.27. The summed E-state index contributed by atoms with van der Waals surface area (Å²) < 4.78 is 11.1. The lowest BCUT2D eigenvalue weighted by Crippen LogP contribution is -2.19. The highest BCUT2D eigenvalue weighted by Crippen LogP contribution is 2.35. The number of benzene rings is 2. The largest absolute Gasteiger partial charge is 0.466 e. The molecular weight excluding hydrogens is 340 g/mol. The van der Waals surface area contributed by atoms with Gasteiger partial charge in [-0.3, -0.25) is 4.79 Å². The average Bonchev–Trinajstić information content (AvgIpc) is 2.65. The molecule has 0 aliphatic carbocycles. The van der Waals surface area contributed by atoms with Crippen LogP contribution < -0.4 is 4.74 Å². The first-order chi connectivity index (χ1) is 13.0. The van der Waals surface area contributed by atoms with Crippen molar-refractivity contribution in [3.05, 3.63) is 64.7 Å². The minimum absolute atomic E-state index is 0.270. The van der Waals surface area contributed by atoms with E-state index in [1.165, 1.54) is 0 Å². The molecule has 4 nitrogen and oxygen atoms in total. The Kier molecular flexibility index (Phi) is 7.59. The third-order valence-corrected chi connectivity index (χ3v) is 4.44. The van der Waals surface area contributed by atoms with Crippen LogP contribution >= 0.6 is 0 Å². The lowest BCUT2D eigenvalue weighted by molar-refractivity contribution is -0.145. The number of ether oxygens (including phenoxy) is 2. The van der Waals surface area contributed by atoms with Gasteiger partial charge in [0.15, 0.2) is 0 Å². The Morgan fingerprint density at radius 3 is 2.37 bits per heavy atom. The first-order valence-electron chi connectivity index (χ1n) is 9.52. The number of rotatable bonds is 8. The fourth-order valence-electron chi connectivity index (χ4n) is 3.16. The molecule has 0 fully saturated rings. The maximum Gasteiger partial charge on any atom is 0.343 e. The zero-order valence-electron chi connectivity index (χ0n) is 16.6. The Morgan fingerprint density at radius 2 is 1.74 bits per heavy atom. The molecule has 0 aromatic heterocycles. The molecule has 27 heavy (non-hydrogen) atoms. The standard InChI is InChI=1S/C23H28O4/c1-5-7-13-19(23(25)26-6-2)20-15-16(3)14-17(4)21(20)27-22(24)18-11-9-8-10-12-18/h8-12,14-15,19H,5-7,13H2,1-4H3. The van der Waals surface area contributed by atoms with E-state index in [1.807, 2.05) is 32.0 Å². The van der Waals surface area contributed by atoms with Crippen molar-refractivity contribution in [2.45, 2.75) is 52.9 Å². The van der Waals surface area contributed by atoms with Gasteiger partial charge in [-0.05, 0) is 44.9 Å². The molecule has 2 aromatic rings. The fraction of sp³-hybridized carbons (Fsp3) is 0.391. The minimum Gasteiger partial charge on any atom is -0.466 e. The molecule has 0 aliphatic heterocycles. The van der Waals surface area contributed by atoms with Crippen LogP contribution in [0, 0.1) is 13.8 Å². The molecule has 0 spiro atoms. The lowest BCUT2D eigenvalue weighted by Gasteiger charge is -2.21.